The number of piperazine rings is 1. The molecule has 11 heteroatoms. The van der Waals surface area contributed by atoms with Crippen molar-refractivity contribution in [1.29, 1.82) is 0 Å². The Balaban J connectivity index is 1.54. The van der Waals surface area contributed by atoms with Gasteiger partial charge >= 0.3 is 0 Å². The molecule has 0 atom stereocenters. The van der Waals surface area contributed by atoms with Crippen LogP contribution in [0.2, 0.25) is 0 Å². The lowest BCUT2D eigenvalue weighted by Gasteiger charge is -2.31. The number of rotatable bonds is 8. The molecule has 1 aliphatic heterocycles. The number of hydrogen-bond donors (Lipinski definition) is 1. The Kier molecular flexibility index (Phi) is 6.72. The molecule has 2 aromatic carbocycles. The highest BCUT2D eigenvalue weighted by molar-refractivity contribution is 7.89. The molecule has 10 nitrogen and oxygen atoms in total. The van der Waals surface area contributed by atoms with Gasteiger partial charge in [0, 0.05) is 51.2 Å². The monoisotopic (exact) mass is 470 g/mol. The van der Waals surface area contributed by atoms with Crippen LogP contribution in [-0.4, -0.2) is 65.6 Å². The molecule has 0 saturated carbocycles. The third-order valence-corrected chi connectivity index (χ3v) is 7.64. The summed E-state index contributed by atoms with van der Waals surface area (Å²) in [5, 5.41) is 19.1. The first-order valence-electron chi connectivity index (χ1n) is 10.6. The molecule has 0 bridgehead atoms. The SMILES string of the molecule is CN1CCN(S(=O)(=O)c2ccc(NCc3ccccc3Cn3cccn3)c([N+](=O)[O-])c2)CC1. The number of nitro benzene ring substituents is 1. The molecule has 1 aromatic heterocycles. The van der Waals surface area contributed by atoms with Crippen LogP contribution in [0.3, 0.4) is 0 Å². The van der Waals surface area contributed by atoms with E-state index in [1.54, 1.807) is 10.9 Å². The number of nitrogens with zero attached hydrogens (tertiary/aromatic N) is 5. The molecule has 0 amide bonds. The Morgan fingerprint density at radius 3 is 2.45 bits per heavy atom. The van der Waals surface area contributed by atoms with Crippen LogP contribution in [0.1, 0.15) is 11.1 Å². The maximum Gasteiger partial charge on any atom is 0.293 e. The summed E-state index contributed by atoms with van der Waals surface area (Å²) in [5.41, 5.74) is 2.00. The van der Waals surface area contributed by atoms with Gasteiger partial charge in [0.15, 0.2) is 0 Å². The molecule has 0 radical (unpaired) electrons. The summed E-state index contributed by atoms with van der Waals surface area (Å²) in [5.74, 6) is 0. The minimum atomic E-state index is -3.80. The molecule has 0 aliphatic carbocycles. The maximum atomic E-state index is 13.0. The molecule has 33 heavy (non-hydrogen) atoms. The van der Waals surface area contributed by atoms with Gasteiger partial charge in [0.25, 0.3) is 5.69 Å². The van der Waals surface area contributed by atoms with Crippen molar-refractivity contribution in [2.24, 2.45) is 0 Å². The predicted molar refractivity (Wildman–Crippen MR) is 124 cm³/mol. The quantitative estimate of drug-likeness (QED) is 0.397. The van der Waals surface area contributed by atoms with Gasteiger partial charge in [0.05, 0.1) is 16.4 Å². The van der Waals surface area contributed by atoms with E-state index < -0.39 is 14.9 Å². The van der Waals surface area contributed by atoms with Crippen LogP contribution >= 0.6 is 0 Å². The van der Waals surface area contributed by atoms with Gasteiger partial charge in [0.2, 0.25) is 10.0 Å². The first kappa shape index (κ1) is 22.9. The zero-order chi connectivity index (χ0) is 23.4. The first-order chi connectivity index (χ1) is 15.8. The molecule has 1 N–H and O–H groups in total. The fraction of sp³-hybridized carbons (Fsp3) is 0.318. The number of likely N-dealkylation sites (N-methyl/N-ethyl adjacent to an activating group) is 1. The molecule has 4 rings (SSSR count). The Hall–Kier alpha value is -3.28. The second-order valence-corrected chi connectivity index (χ2v) is 9.91. The van der Waals surface area contributed by atoms with E-state index >= 15 is 0 Å². The lowest BCUT2D eigenvalue weighted by molar-refractivity contribution is -0.384. The van der Waals surface area contributed by atoms with E-state index in [1.165, 1.54) is 16.4 Å². The Bertz CT molecular complexity index is 1220. The second kappa shape index (κ2) is 9.69. The zero-order valence-electron chi connectivity index (χ0n) is 18.3. The van der Waals surface area contributed by atoms with Crippen molar-refractivity contribution in [3.8, 4) is 0 Å². The largest absolute Gasteiger partial charge is 0.375 e. The van der Waals surface area contributed by atoms with E-state index in [2.05, 4.69) is 10.4 Å². The maximum absolute atomic E-state index is 13.0. The van der Waals surface area contributed by atoms with Crippen molar-refractivity contribution in [2.75, 3.05) is 38.5 Å². The van der Waals surface area contributed by atoms with Crippen LogP contribution < -0.4 is 5.32 Å². The van der Waals surface area contributed by atoms with E-state index in [1.807, 2.05) is 48.5 Å². The third kappa shape index (κ3) is 5.21. The van der Waals surface area contributed by atoms with Crippen molar-refractivity contribution >= 4 is 21.4 Å². The summed E-state index contributed by atoms with van der Waals surface area (Å²) >= 11 is 0. The standard InChI is InChI=1S/C22H26N6O4S/c1-25-11-13-27(14-12-25)33(31,32)20-7-8-21(22(15-20)28(29)30)23-16-18-5-2-3-6-19(18)17-26-10-4-9-24-26/h2-10,15,23H,11-14,16-17H2,1H3. The van der Waals surface area contributed by atoms with E-state index in [9.17, 15) is 18.5 Å². The minimum Gasteiger partial charge on any atom is -0.375 e. The van der Waals surface area contributed by atoms with Gasteiger partial charge in [-0.05, 0) is 36.4 Å². The van der Waals surface area contributed by atoms with Gasteiger partial charge < -0.3 is 10.2 Å². The van der Waals surface area contributed by atoms with Crippen molar-refractivity contribution in [2.45, 2.75) is 18.0 Å². The Morgan fingerprint density at radius 1 is 1.06 bits per heavy atom. The number of nitrogens with one attached hydrogen (secondary N) is 1. The van der Waals surface area contributed by atoms with E-state index in [0.29, 0.717) is 39.3 Å². The summed E-state index contributed by atoms with van der Waals surface area (Å²) in [6, 6.07) is 13.7. The fourth-order valence-electron chi connectivity index (χ4n) is 3.79. The highest BCUT2D eigenvalue weighted by Crippen LogP contribution is 2.30. The summed E-state index contributed by atoms with van der Waals surface area (Å²) in [7, 11) is -1.86. The Labute approximate surface area is 192 Å². The normalized spacial score (nSPS) is 15.4. The molecule has 0 spiro atoms. The summed E-state index contributed by atoms with van der Waals surface area (Å²) in [6.45, 7) is 2.90. The van der Waals surface area contributed by atoms with Crippen molar-refractivity contribution in [3.63, 3.8) is 0 Å². The van der Waals surface area contributed by atoms with E-state index in [-0.39, 0.29) is 16.3 Å². The lowest BCUT2D eigenvalue weighted by atomic mass is 10.1. The number of sulfonamides is 1. The molecule has 1 aliphatic rings. The molecule has 2 heterocycles. The summed E-state index contributed by atoms with van der Waals surface area (Å²) in [6.07, 6.45) is 3.58. The van der Waals surface area contributed by atoms with Crippen LogP contribution in [0.4, 0.5) is 11.4 Å². The van der Waals surface area contributed by atoms with Crippen molar-refractivity contribution < 1.29 is 13.3 Å². The summed E-state index contributed by atoms with van der Waals surface area (Å²) in [4.78, 5) is 13.2. The minimum absolute atomic E-state index is 0.0663. The van der Waals surface area contributed by atoms with Crippen molar-refractivity contribution in [1.82, 2.24) is 19.0 Å². The van der Waals surface area contributed by atoms with Crippen molar-refractivity contribution in [3.05, 3.63) is 82.2 Å². The number of hydrogen-bond acceptors (Lipinski definition) is 7. The molecule has 1 fully saturated rings. The highest BCUT2D eigenvalue weighted by Gasteiger charge is 2.29. The van der Waals surface area contributed by atoms with Crippen LogP contribution in [-0.2, 0) is 23.1 Å². The van der Waals surface area contributed by atoms with Gasteiger partial charge in [0.1, 0.15) is 5.69 Å². The molecular weight excluding hydrogens is 444 g/mol. The van der Waals surface area contributed by atoms with Gasteiger partial charge in [-0.25, -0.2) is 8.42 Å². The molecular formula is C22H26N6O4S. The Morgan fingerprint density at radius 2 is 1.79 bits per heavy atom. The van der Waals surface area contributed by atoms with Crippen LogP contribution in [0.25, 0.3) is 0 Å². The average Bonchev–Trinajstić information content (AvgIpc) is 3.32. The van der Waals surface area contributed by atoms with Crippen LogP contribution in [0.5, 0.6) is 0 Å². The number of benzene rings is 2. The van der Waals surface area contributed by atoms with E-state index in [4.69, 9.17) is 0 Å². The number of anilines is 1. The summed E-state index contributed by atoms with van der Waals surface area (Å²) < 4.78 is 29.2. The fourth-order valence-corrected chi connectivity index (χ4v) is 5.24. The number of aromatic nitrogens is 2. The second-order valence-electron chi connectivity index (χ2n) is 7.97. The topological polar surface area (TPSA) is 114 Å². The lowest BCUT2D eigenvalue weighted by Crippen LogP contribution is -2.47. The van der Waals surface area contributed by atoms with Gasteiger partial charge in [-0.1, -0.05) is 24.3 Å². The molecule has 0 unspecified atom stereocenters. The third-order valence-electron chi connectivity index (χ3n) is 5.75. The predicted octanol–water partition coefficient (Wildman–Crippen LogP) is 2.39. The first-order valence-corrected chi connectivity index (χ1v) is 12.0. The van der Waals surface area contributed by atoms with Gasteiger partial charge in [-0.15, -0.1) is 0 Å². The zero-order valence-corrected chi connectivity index (χ0v) is 19.1. The molecule has 1 saturated heterocycles. The molecule has 3 aromatic rings. The van der Waals surface area contributed by atoms with Gasteiger partial charge in [-0.2, -0.15) is 9.40 Å². The van der Waals surface area contributed by atoms with Crippen LogP contribution in [0.15, 0.2) is 65.8 Å². The highest BCUT2D eigenvalue weighted by atomic mass is 32.2. The average molecular weight is 471 g/mol. The van der Waals surface area contributed by atoms with Gasteiger partial charge in [-0.3, -0.25) is 14.8 Å². The smallest absolute Gasteiger partial charge is 0.293 e. The molecule has 174 valence electrons. The van der Waals surface area contributed by atoms with E-state index in [0.717, 1.165) is 17.2 Å². The van der Waals surface area contributed by atoms with Crippen LogP contribution in [0, 0.1) is 10.1 Å². The number of nitro groups is 1.